The fourth-order valence-electron chi connectivity index (χ4n) is 1.96. The largest absolute Gasteiger partial charge is 0.368 e. The highest BCUT2D eigenvalue weighted by atomic mass is 35.5. The van der Waals surface area contributed by atoms with Gasteiger partial charge in [-0.2, -0.15) is 0 Å². The van der Waals surface area contributed by atoms with Gasteiger partial charge in [0.2, 0.25) is 0 Å². The van der Waals surface area contributed by atoms with Gasteiger partial charge in [0.1, 0.15) is 11.8 Å². The standard InChI is InChI=1S/C10H12ClN5/c11-7-1-6(2-7)3-12-9-8-10(14-4-13-8)16-5-15-9/h4-7H,1-3H2,(H2,12,13,14,15,16). The monoisotopic (exact) mass is 237 g/mol. The third kappa shape index (κ3) is 1.71. The number of aromatic nitrogens is 4. The summed E-state index contributed by atoms with van der Waals surface area (Å²) >= 11 is 5.93. The molecule has 2 N–H and O–H groups in total. The first kappa shape index (κ1) is 9.84. The number of anilines is 1. The van der Waals surface area contributed by atoms with E-state index in [1.165, 1.54) is 6.33 Å². The van der Waals surface area contributed by atoms with Gasteiger partial charge in [-0.05, 0) is 18.8 Å². The molecular weight excluding hydrogens is 226 g/mol. The van der Waals surface area contributed by atoms with E-state index in [1.54, 1.807) is 6.33 Å². The van der Waals surface area contributed by atoms with Gasteiger partial charge in [0.05, 0.1) is 6.33 Å². The van der Waals surface area contributed by atoms with Crippen LogP contribution in [0.3, 0.4) is 0 Å². The van der Waals surface area contributed by atoms with Crippen molar-refractivity contribution in [3.63, 3.8) is 0 Å². The molecule has 0 radical (unpaired) electrons. The van der Waals surface area contributed by atoms with Gasteiger partial charge in [-0.3, -0.25) is 0 Å². The van der Waals surface area contributed by atoms with E-state index in [9.17, 15) is 0 Å². The van der Waals surface area contributed by atoms with E-state index in [2.05, 4.69) is 25.3 Å². The highest BCUT2D eigenvalue weighted by Gasteiger charge is 2.26. The number of rotatable bonds is 3. The van der Waals surface area contributed by atoms with Gasteiger partial charge in [-0.15, -0.1) is 11.6 Å². The smallest absolute Gasteiger partial charge is 0.182 e. The number of hydrogen-bond acceptors (Lipinski definition) is 4. The van der Waals surface area contributed by atoms with Gasteiger partial charge >= 0.3 is 0 Å². The van der Waals surface area contributed by atoms with E-state index in [1.807, 2.05) is 0 Å². The molecule has 16 heavy (non-hydrogen) atoms. The average molecular weight is 238 g/mol. The summed E-state index contributed by atoms with van der Waals surface area (Å²) in [7, 11) is 0. The molecule has 1 fully saturated rings. The second-order valence-electron chi connectivity index (χ2n) is 4.14. The van der Waals surface area contributed by atoms with Crippen LogP contribution >= 0.6 is 11.6 Å². The maximum absolute atomic E-state index is 5.93. The lowest BCUT2D eigenvalue weighted by Gasteiger charge is -2.30. The second kappa shape index (κ2) is 3.90. The van der Waals surface area contributed by atoms with Crippen molar-refractivity contribution in [3.8, 4) is 0 Å². The van der Waals surface area contributed by atoms with E-state index in [-0.39, 0.29) is 0 Å². The lowest BCUT2D eigenvalue weighted by atomic mass is 9.85. The lowest BCUT2D eigenvalue weighted by molar-refractivity contribution is 0.341. The summed E-state index contributed by atoms with van der Waals surface area (Å²) in [6.07, 6.45) is 5.33. The minimum atomic E-state index is 0.365. The second-order valence-corrected chi connectivity index (χ2v) is 4.76. The number of hydrogen-bond donors (Lipinski definition) is 2. The van der Waals surface area contributed by atoms with Crippen molar-refractivity contribution in [1.29, 1.82) is 0 Å². The molecular formula is C10H12ClN5. The molecule has 0 amide bonds. The van der Waals surface area contributed by atoms with E-state index >= 15 is 0 Å². The zero-order valence-corrected chi connectivity index (χ0v) is 9.41. The van der Waals surface area contributed by atoms with Crippen molar-refractivity contribution < 1.29 is 0 Å². The summed E-state index contributed by atoms with van der Waals surface area (Å²) in [6, 6.07) is 0. The molecule has 2 aromatic heterocycles. The molecule has 0 saturated heterocycles. The first-order chi connectivity index (χ1) is 7.83. The average Bonchev–Trinajstić information content (AvgIpc) is 2.71. The zero-order chi connectivity index (χ0) is 11.0. The van der Waals surface area contributed by atoms with Crippen molar-refractivity contribution >= 4 is 28.6 Å². The topological polar surface area (TPSA) is 66.5 Å². The molecule has 1 aliphatic carbocycles. The SMILES string of the molecule is ClC1CC(CNc2ncnc3nc[nH]c23)C1. The van der Waals surface area contributed by atoms with Gasteiger partial charge in [-0.25, -0.2) is 15.0 Å². The van der Waals surface area contributed by atoms with Crippen LogP contribution < -0.4 is 5.32 Å². The van der Waals surface area contributed by atoms with Crippen LogP contribution in [-0.2, 0) is 0 Å². The van der Waals surface area contributed by atoms with Gasteiger partial charge in [-0.1, -0.05) is 0 Å². The predicted molar refractivity (Wildman–Crippen MR) is 62.5 cm³/mol. The lowest BCUT2D eigenvalue weighted by Crippen LogP contribution is -2.30. The minimum Gasteiger partial charge on any atom is -0.368 e. The maximum atomic E-state index is 5.93. The van der Waals surface area contributed by atoms with Crippen LogP contribution in [0, 0.1) is 5.92 Å². The van der Waals surface area contributed by atoms with E-state index < -0.39 is 0 Å². The van der Waals surface area contributed by atoms with E-state index in [0.717, 1.165) is 30.7 Å². The van der Waals surface area contributed by atoms with Crippen molar-refractivity contribution in [2.75, 3.05) is 11.9 Å². The molecule has 3 rings (SSSR count). The number of nitrogens with one attached hydrogen (secondary N) is 2. The molecule has 5 nitrogen and oxygen atoms in total. The minimum absolute atomic E-state index is 0.365. The Morgan fingerprint density at radius 3 is 3.06 bits per heavy atom. The third-order valence-corrected chi connectivity index (χ3v) is 3.32. The number of H-pyrrole nitrogens is 1. The number of imidazole rings is 1. The zero-order valence-electron chi connectivity index (χ0n) is 8.65. The predicted octanol–water partition coefficient (Wildman–Crippen LogP) is 1.78. The Hall–Kier alpha value is -1.36. The Labute approximate surface area is 97.7 Å². The quantitative estimate of drug-likeness (QED) is 0.799. The fourth-order valence-corrected chi connectivity index (χ4v) is 2.47. The van der Waals surface area contributed by atoms with Crippen LogP contribution in [-0.4, -0.2) is 31.9 Å². The number of alkyl halides is 1. The Kier molecular flexibility index (Phi) is 2.40. The molecule has 84 valence electrons. The van der Waals surface area contributed by atoms with E-state index in [4.69, 9.17) is 11.6 Å². The Morgan fingerprint density at radius 1 is 1.38 bits per heavy atom. The Balaban J connectivity index is 1.71. The van der Waals surface area contributed by atoms with Crippen LogP contribution in [0.5, 0.6) is 0 Å². The highest BCUT2D eigenvalue weighted by Crippen LogP contribution is 2.32. The molecule has 2 heterocycles. The number of nitrogens with zero attached hydrogens (tertiary/aromatic N) is 3. The molecule has 6 heteroatoms. The third-order valence-electron chi connectivity index (χ3n) is 2.96. The van der Waals surface area contributed by atoms with Crippen LogP contribution in [0.1, 0.15) is 12.8 Å². The number of halogens is 1. The van der Waals surface area contributed by atoms with Crippen molar-refractivity contribution in [1.82, 2.24) is 19.9 Å². The van der Waals surface area contributed by atoms with Gasteiger partial charge in [0, 0.05) is 11.9 Å². The summed E-state index contributed by atoms with van der Waals surface area (Å²) in [6.45, 7) is 0.911. The summed E-state index contributed by atoms with van der Waals surface area (Å²) in [5, 5.41) is 3.68. The molecule has 0 bridgehead atoms. The molecule has 2 aromatic rings. The highest BCUT2D eigenvalue weighted by molar-refractivity contribution is 6.21. The van der Waals surface area contributed by atoms with Crippen LogP contribution in [0.25, 0.3) is 11.2 Å². The van der Waals surface area contributed by atoms with Gasteiger partial charge < -0.3 is 10.3 Å². The summed E-state index contributed by atoms with van der Waals surface area (Å²) in [5.41, 5.74) is 1.56. The van der Waals surface area contributed by atoms with Crippen LogP contribution in [0.2, 0.25) is 0 Å². The fraction of sp³-hybridized carbons (Fsp3) is 0.500. The van der Waals surface area contributed by atoms with Crippen LogP contribution in [0.4, 0.5) is 5.82 Å². The molecule has 0 atom stereocenters. The normalized spacial score (nSPS) is 24.3. The number of fused-ring (bicyclic) bond motifs is 1. The molecule has 0 spiro atoms. The first-order valence-electron chi connectivity index (χ1n) is 5.35. The molecule has 1 saturated carbocycles. The maximum Gasteiger partial charge on any atom is 0.182 e. The molecule has 0 aromatic carbocycles. The first-order valence-corrected chi connectivity index (χ1v) is 5.78. The van der Waals surface area contributed by atoms with Crippen molar-refractivity contribution in [3.05, 3.63) is 12.7 Å². The Bertz CT molecular complexity index is 491. The van der Waals surface area contributed by atoms with Crippen molar-refractivity contribution in [2.24, 2.45) is 5.92 Å². The molecule has 1 aliphatic rings. The van der Waals surface area contributed by atoms with E-state index in [0.29, 0.717) is 16.9 Å². The Morgan fingerprint density at radius 2 is 2.25 bits per heavy atom. The molecule has 0 unspecified atom stereocenters. The summed E-state index contributed by atoms with van der Waals surface area (Å²) in [5.74, 6) is 1.48. The van der Waals surface area contributed by atoms with Crippen molar-refractivity contribution in [2.45, 2.75) is 18.2 Å². The number of aromatic amines is 1. The van der Waals surface area contributed by atoms with Gasteiger partial charge in [0.15, 0.2) is 11.5 Å². The van der Waals surface area contributed by atoms with Crippen LogP contribution in [0.15, 0.2) is 12.7 Å². The summed E-state index contributed by atoms with van der Waals surface area (Å²) in [4.78, 5) is 15.4. The summed E-state index contributed by atoms with van der Waals surface area (Å²) < 4.78 is 0. The molecule has 0 aliphatic heterocycles. The van der Waals surface area contributed by atoms with Gasteiger partial charge in [0.25, 0.3) is 0 Å².